The normalized spacial score (nSPS) is 20.9. The van der Waals surface area contributed by atoms with Crippen molar-refractivity contribution >= 4 is 17.4 Å². The SMILES string of the molecule is CCCNC(CC)c1ccc(N2CCSCC2C)cn1. The third-order valence-electron chi connectivity index (χ3n) is 3.88. The molecule has 2 heterocycles. The number of rotatable bonds is 6. The zero-order valence-corrected chi connectivity index (χ0v) is 13.7. The van der Waals surface area contributed by atoms with Crippen LogP contribution in [0.15, 0.2) is 18.3 Å². The molecule has 0 radical (unpaired) electrons. The van der Waals surface area contributed by atoms with E-state index in [4.69, 9.17) is 4.98 Å². The lowest BCUT2D eigenvalue weighted by Crippen LogP contribution is -2.40. The number of nitrogens with one attached hydrogen (secondary N) is 1. The van der Waals surface area contributed by atoms with E-state index in [0.717, 1.165) is 25.9 Å². The molecule has 1 saturated heterocycles. The quantitative estimate of drug-likeness (QED) is 0.869. The summed E-state index contributed by atoms with van der Waals surface area (Å²) in [6.07, 6.45) is 4.30. The molecule has 112 valence electrons. The maximum atomic E-state index is 4.70. The Kier molecular flexibility index (Phi) is 6.17. The van der Waals surface area contributed by atoms with Gasteiger partial charge in [-0.3, -0.25) is 4.98 Å². The van der Waals surface area contributed by atoms with Gasteiger partial charge in [0.25, 0.3) is 0 Å². The summed E-state index contributed by atoms with van der Waals surface area (Å²) in [4.78, 5) is 7.18. The van der Waals surface area contributed by atoms with E-state index >= 15 is 0 Å². The van der Waals surface area contributed by atoms with E-state index < -0.39 is 0 Å². The van der Waals surface area contributed by atoms with Crippen LogP contribution >= 0.6 is 11.8 Å². The molecular weight excluding hydrogens is 266 g/mol. The van der Waals surface area contributed by atoms with Gasteiger partial charge in [0.15, 0.2) is 0 Å². The highest BCUT2D eigenvalue weighted by Crippen LogP contribution is 2.24. The van der Waals surface area contributed by atoms with Crippen molar-refractivity contribution in [3.05, 3.63) is 24.0 Å². The summed E-state index contributed by atoms with van der Waals surface area (Å²) in [6.45, 7) is 8.91. The molecule has 1 aromatic heterocycles. The average molecular weight is 293 g/mol. The second kappa shape index (κ2) is 7.89. The number of nitrogens with zero attached hydrogens (tertiary/aromatic N) is 2. The molecule has 1 N–H and O–H groups in total. The van der Waals surface area contributed by atoms with Crippen LogP contribution in [-0.2, 0) is 0 Å². The molecule has 0 aliphatic carbocycles. The Morgan fingerprint density at radius 2 is 2.30 bits per heavy atom. The topological polar surface area (TPSA) is 28.2 Å². The first-order chi connectivity index (χ1) is 9.76. The maximum absolute atomic E-state index is 4.70. The van der Waals surface area contributed by atoms with E-state index in [-0.39, 0.29) is 0 Å². The number of hydrogen-bond acceptors (Lipinski definition) is 4. The van der Waals surface area contributed by atoms with Gasteiger partial charge in [0.05, 0.1) is 17.6 Å². The maximum Gasteiger partial charge on any atom is 0.0574 e. The summed E-state index contributed by atoms with van der Waals surface area (Å²) in [5, 5.41) is 3.56. The van der Waals surface area contributed by atoms with Crippen LogP contribution in [0.25, 0.3) is 0 Å². The predicted octanol–water partition coefficient (Wildman–Crippen LogP) is 3.47. The molecule has 0 bridgehead atoms. The Morgan fingerprint density at radius 3 is 2.90 bits per heavy atom. The molecule has 20 heavy (non-hydrogen) atoms. The molecular formula is C16H27N3S. The summed E-state index contributed by atoms with van der Waals surface area (Å²) >= 11 is 2.05. The van der Waals surface area contributed by atoms with Gasteiger partial charge in [0.2, 0.25) is 0 Å². The number of thioether (sulfide) groups is 1. The van der Waals surface area contributed by atoms with E-state index in [2.05, 4.69) is 61.1 Å². The second-order valence-electron chi connectivity index (χ2n) is 5.47. The fraction of sp³-hybridized carbons (Fsp3) is 0.688. The van der Waals surface area contributed by atoms with Crippen LogP contribution in [0, 0.1) is 0 Å². The highest BCUT2D eigenvalue weighted by atomic mass is 32.2. The zero-order chi connectivity index (χ0) is 14.4. The van der Waals surface area contributed by atoms with Gasteiger partial charge in [0.1, 0.15) is 0 Å². The van der Waals surface area contributed by atoms with Gasteiger partial charge >= 0.3 is 0 Å². The van der Waals surface area contributed by atoms with Crippen molar-refractivity contribution < 1.29 is 0 Å². The van der Waals surface area contributed by atoms with Crippen LogP contribution in [0.1, 0.15) is 45.3 Å². The molecule has 1 aromatic rings. The van der Waals surface area contributed by atoms with Crippen LogP contribution in [0.2, 0.25) is 0 Å². The van der Waals surface area contributed by atoms with Crippen molar-refractivity contribution in [2.75, 3.05) is 29.5 Å². The monoisotopic (exact) mass is 293 g/mol. The van der Waals surface area contributed by atoms with Gasteiger partial charge in [-0.15, -0.1) is 0 Å². The zero-order valence-electron chi connectivity index (χ0n) is 12.9. The lowest BCUT2D eigenvalue weighted by Gasteiger charge is -2.35. The van der Waals surface area contributed by atoms with Crippen molar-refractivity contribution in [3.8, 4) is 0 Å². The minimum absolute atomic E-state index is 0.387. The van der Waals surface area contributed by atoms with Gasteiger partial charge in [-0.25, -0.2) is 0 Å². The van der Waals surface area contributed by atoms with Crippen molar-refractivity contribution in [1.29, 1.82) is 0 Å². The summed E-state index contributed by atoms with van der Waals surface area (Å²) in [5.41, 5.74) is 2.44. The smallest absolute Gasteiger partial charge is 0.0574 e. The van der Waals surface area contributed by atoms with Gasteiger partial charge in [-0.2, -0.15) is 11.8 Å². The van der Waals surface area contributed by atoms with Crippen LogP contribution in [-0.4, -0.2) is 35.6 Å². The van der Waals surface area contributed by atoms with Crippen molar-refractivity contribution in [3.63, 3.8) is 0 Å². The van der Waals surface area contributed by atoms with Gasteiger partial charge in [-0.1, -0.05) is 13.8 Å². The molecule has 1 fully saturated rings. The molecule has 2 atom stereocenters. The first-order valence-electron chi connectivity index (χ1n) is 7.80. The fourth-order valence-corrected chi connectivity index (χ4v) is 3.67. The number of hydrogen-bond donors (Lipinski definition) is 1. The molecule has 0 amide bonds. The summed E-state index contributed by atoms with van der Waals surface area (Å²) in [6, 6.07) is 5.44. The first kappa shape index (κ1) is 15.6. The molecule has 4 heteroatoms. The van der Waals surface area contributed by atoms with Gasteiger partial charge in [0, 0.05) is 30.1 Å². The van der Waals surface area contributed by atoms with E-state index in [9.17, 15) is 0 Å². The summed E-state index contributed by atoms with van der Waals surface area (Å²) < 4.78 is 0. The highest BCUT2D eigenvalue weighted by molar-refractivity contribution is 7.99. The van der Waals surface area contributed by atoms with Crippen LogP contribution in [0.4, 0.5) is 5.69 Å². The molecule has 2 rings (SSSR count). The Morgan fingerprint density at radius 1 is 1.45 bits per heavy atom. The largest absolute Gasteiger partial charge is 0.366 e. The lowest BCUT2D eigenvalue weighted by molar-refractivity contribution is 0.507. The molecule has 1 aliphatic rings. The number of aromatic nitrogens is 1. The highest BCUT2D eigenvalue weighted by Gasteiger charge is 2.19. The average Bonchev–Trinajstić information content (AvgIpc) is 2.49. The molecule has 1 aliphatic heterocycles. The van der Waals surface area contributed by atoms with Crippen LogP contribution in [0.3, 0.4) is 0 Å². The predicted molar refractivity (Wildman–Crippen MR) is 89.7 cm³/mol. The third kappa shape index (κ3) is 3.89. The minimum Gasteiger partial charge on any atom is -0.366 e. The number of pyridine rings is 1. The van der Waals surface area contributed by atoms with Gasteiger partial charge < -0.3 is 10.2 Å². The Bertz CT molecular complexity index is 393. The van der Waals surface area contributed by atoms with Crippen molar-refractivity contribution in [2.24, 2.45) is 0 Å². The fourth-order valence-electron chi connectivity index (χ4n) is 2.66. The van der Waals surface area contributed by atoms with E-state index in [1.807, 2.05) is 0 Å². The van der Waals surface area contributed by atoms with E-state index in [1.54, 1.807) is 0 Å². The molecule has 3 nitrogen and oxygen atoms in total. The molecule has 2 unspecified atom stereocenters. The van der Waals surface area contributed by atoms with E-state index in [1.165, 1.54) is 22.9 Å². The summed E-state index contributed by atoms with van der Waals surface area (Å²) in [5.74, 6) is 2.44. The van der Waals surface area contributed by atoms with Crippen LogP contribution < -0.4 is 10.2 Å². The lowest BCUT2D eigenvalue weighted by atomic mass is 10.1. The number of anilines is 1. The molecule has 0 aromatic carbocycles. The van der Waals surface area contributed by atoms with Gasteiger partial charge in [-0.05, 0) is 38.4 Å². The molecule has 0 spiro atoms. The minimum atomic E-state index is 0.387. The first-order valence-corrected chi connectivity index (χ1v) is 8.95. The Hall–Kier alpha value is -0.740. The van der Waals surface area contributed by atoms with E-state index in [0.29, 0.717) is 12.1 Å². The Labute approximate surface area is 127 Å². The Balaban J connectivity index is 2.04. The molecule has 0 saturated carbocycles. The van der Waals surface area contributed by atoms with Crippen molar-refractivity contribution in [2.45, 2.75) is 45.7 Å². The van der Waals surface area contributed by atoms with Crippen molar-refractivity contribution in [1.82, 2.24) is 10.3 Å². The third-order valence-corrected chi connectivity index (χ3v) is 5.07. The van der Waals surface area contributed by atoms with Crippen LogP contribution in [0.5, 0.6) is 0 Å². The summed E-state index contributed by atoms with van der Waals surface area (Å²) in [7, 11) is 0. The standard InChI is InChI=1S/C16H27N3S/c1-4-8-17-15(5-2)16-7-6-14(11-18-16)19-9-10-20-12-13(19)3/h6-7,11,13,15,17H,4-5,8-10,12H2,1-3H3. The second-order valence-corrected chi connectivity index (χ2v) is 6.62.